The van der Waals surface area contributed by atoms with Crippen LogP contribution in [-0.4, -0.2) is 0 Å². The second kappa shape index (κ2) is 5.83. The van der Waals surface area contributed by atoms with Crippen LogP contribution in [0, 0.1) is 12.7 Å². The molecule has 2 nitrogen and oxygen atoms in total. The van der Waals surface area contributed by atoms with E-state index in [1.807, 2.05) is 48.5 Å². The molecule has 21 heavy (non-hydrogen) atoms. The Labute approximate surface area is 123 Å². The van der Waals surface area contributed by atoms with Crippen molar-refractivity contribution in [2.45, 2.75) is 13.0 Å². The van der Waals surface area contributed by atoms with Crippen molar-refractivity contribution >= 4 is 5.69 Å². The zero-order valence-corrected chi connectivity index (χ0v) is 11.7. The van der Waals surface area contributed by atoms with Crippen LogP contribution in [0.4, 0.5) is 10.1 Å². The first-order valence-corrected chi connectivity index (χ1v) is 6.85. The van der Waals surface area contributed by atoms with E-state index in [2.05, 4.69) is 5.32 Å². The first-order chi connectivity index (χ1) is 10.3. The van der Waals surface area contributed by atoms with Gasteiger partial charge in [0, 0.05) is 11.3 Å². The van der Waals surface area contributed by atoms with E-state index in [0.717, 1.165) is 17.0 Å². The number of nitrogens with one attached hydrogen (secondary N) is 1. The van der Waals surface area contributed by atoms with E-state index < -0.39 is 0 Å². The van der Waals surface area contributed by atoms with Crippen molar-refractivity contribution in [3.8, 4) is 0 Å². The molecule has 0 radical (unpaired) electrons. The monoisotopic (exact) mass is 281 g/mol. The highest BCUT2D eigenvalue weighted by Gasteiger charge is 2.17. The van der Waals surface area contributed by atoms with E-state index in [1.165, 1.54) is 6.07 Å². The molecule has 0 aliphatic rings. The molecule has 0 amide bonds. The molecular formula is C18H16FNO. The maximum atomic E-state index is 13.7. The molecule has 1 atom stereocenters. The highest BCUT2D eigenvalue weighted by molar-refractivity contribution is 5.54. The van der Waals surface area contributed by atoms with Gasteiger partial charge in [0.05, 0.1) is 6.26 Å². The molecule has 2 aromatic carbocycles. The van der Waals surface area contributed by atoms with Crippen molar-refractivity contribution < 1.29 is 8.81 Å². The van der Waals surface area contributed by atoms with Gasteiger partial charge in [0.15, 0.2) is 0 Å². The summed E-state index contributed by atoms with van der Waals surface area (Å²) >= 11 is 0. The SMILES string of the molecule is Cc1c(F)cccc1NC(c1ccccc1)c1ccco1. The van der Waals surface area contributed by atoms with E-state index >= 15 is 0 Å². The molecule has 0 saturated carbocycles. The molecule has 1 heterocycles. The average molecular weight is 281 g/mol. The van der Waals surface area contributed by atoms with Gasteiger partial charge < -0.3 is 9.73 Å². The minimum atomic E-state index is -0.216. The summed E-state index contributed by atoms with van der Waals surface area (Å²) in [6.07, 6.45) is 1.64. The lowest BCUT2D eigenvalue weighted by molar-refractivity contribution is 0.498. The number of hydrogen-bond donors (Lipinski definition) is 1. The minimum absolute atomic E-state index is 0.151. The Balaban J connectivity index is 1.99. The zero-order valence-electron chi connectivity index (χ0n) is 11.7. The fourth-order valence-electron chi connectivity index (χ4n) is 2.34. The molecule has 3 aromatic rings. The van der Waals surface area contributed by atoms with Crippen LogP contribution in [0.25, 0.3) is 0 Å². The van der Waals surface area contributed by atoms with Crippen LogP contribution < -0.4 is 5.32 Å². The van der Waals surface area contributed by atoms with Gasteiger partial charge >= 0.3 is 0 Å². The second-order valence-electron chi connectivity index (χ2n) is 4.92. The van der Waals surface area contributed by atoms with Gasteiger partial charge in [0.25, 0.3) is 0 Å². The first kappa shape index (κ1) is 13.4. The number of furan rings is 1. The standard InChI is InChI=1S/C18H16FNO/c1-13-15(19)9-5-10-16(13)20-18(17-11-6-12-21-17)14-7-3-2-4-8-14/h2-12,18,20H,1H3. The number of rotatable bonds is 4. The van der Waals surface area contributed by atoms with E-state index in [9.17, 15) is 4.39 Å². The highest BCUT2D eigenvalue weighted by Crippen LogP contribution is 2.29. The van der Waals surface area contributed by atoms with E-state index in [0.29, 0.717) is 5.56 Å². The van der Waals surface area contributed by atoms with Crippen LogP contribution in [0.1, 0.15) is 22.9 Å². The molecule has 3 heteroatoms. The molecule has 1 unspecified atom stereocenters. The van der Waals surface area contributed by atoms with Crippen LogP contribution in [0.5, 0.6) is 0 Å². The summed E-state index contributed by atoms with van der Waals surface area (Å²) in [6.45, 7) is 1.77. The lowest BCUT2D eigenvalue weighted by atomic mass is 10.0. The Hall–Kier alpha value is -2.55. The van der Waals surface area contributed by atoms with E-state index in [1.54, 1.807) is 19.3 Å². The van der Waals surface area contributed by atoms with Gasteiger partial charge in [-0.2, -0.15) is 0 Å². The van der Waals surface area contributed by atoms with Crippen molar-refractivity contribution in [3.05, 3.63) is 89.6 Å². The summed E-state index contributed by atoms with van der Waals surface area (Å²) < 4.78 is 19.2. The molecule has 0 fully saturated rings. The third kappa shape index (κ3) is 2.82. The largest absolute Gasteiger partial charge is 0.467 e. The summed E-state index contributed by atoms with van der Waals surface area (Å²) in [4.78, 5) is 0. The fourth-order valence-corrected chi connectivity index (χ4v) is 2.34. The number of hydrogen-bond acceptors (Lipinski definition) is 2. The zero-order chi connectivity index (χ0) is 14.7. The van der Waals surface area contributed by atoms with Gasteiger partial charge in [-0.25, -0.2) is 4.39 Å². The van der Waals surface area contributed by atoms with Crippen molar-refractivity contribution in [3.63, 3.8) is 0 Å². The number of halogens is 1. The first-order valence-electron chi connectivity index (χ1n) is 6.85. The van der Waals surface area contributed by atoms with Gasteiger partial charge in [0.1, 0.15) is 17.6 Å². The van der Waals surface area contributed by atoms with Crippen LogP contribution in [0.2, 0.25) is 0 Å². The molecule has 1 aromatic heterocycles. The second-order valence-corrected chi connectivity index (χ2v) is 4.92. The molecule has 0 spiro atoms. The number of benzene rings is 2. The summed E-state index contributed by atoms with van der Waals surface area (Å²) in [6, 6.07) is 18.6. The molecule has 3 rings (SSSR count). The van der Waals surface area contributed by atoms with Gasteiger partial charge in [-0.1, -0.05) is 36.4 Å². The summed E-state index contributed by atoms with van der Waals surface area (Å²) in [5, 5.41) is 3.37. The topological polar surface area (TPSA) is 25.2 Å². The minimum Gasteiger partial charge on any atom is -0.467 e. The Morgan fingerprint density at radius 2 is 1.76 bits per heavy atom. The normalized spacial score (nSPS) is 12.1. The van der Waals surface area contributed by atoms with Crippen LogP contribution in [0.15, 0.2) is 71.3 Å². The molecule has 0 bridgehead atoms. The van der Waals surface area contributed by atoms with Crippen molar-refractivity contribution in [2.24, 2.45) is 0 Å². The third-order valence-electron chi connectivity index (χ3n) is 3.53. The van der Waals surface area contributed by atoms with E-state index in [-0.39, 0.29) is 11.9 Å². The van der Waals surface area contributed by atoms with Gasteiger partial charge in [-0.15, -0.1) is 0 Å². The van der Waals surface area contributed by atoms with E-state index in [4.69, 9.17) is 4.42 Å². The molecule has 1 N–H and O–H groups in total. The lowest BCUT2D eigenvalue weighted by Crippen LogP contribution is -2.12. The Bertz CT molecular complexity index is 707. The average Bonchev–Trinajstić information content (AvgIpc) is 3.04. The maximum Gasteiger partial charge on any atom is 0.130 e. The van der Waals surface area contributed by atoms with Crippen LogP contribution in [0.3, 0.4) is 0 Å². The number of anilines is 1. The molecule has 0 aliphatic carbocycles. The van der Waals surface area contributed by atoms with Crippen molar-refractivity contribution in [1.29, 1.82) is 0 Å². The molecule has 0 aliphatic heterocycles. The lowest BCUT2D eigenvalue weighted by Gasteiger charge is -2.20. The molecular weight excluding hydrogens is 265 g/mol. The quantitative estimate of drug-likeness (QED) is 0.733. The van der Waals surface area contributed by atoms with Crippen molar-refractivity contribution in [1.82, 2.24) is 0 Å². The van der Waals surface area contributed by atoms with Crippen LogP contribution >= 0.6 is 0 Å². The summed E-state index contributed by atoms with van der Waals surface area (Å²) in [7, 11) is 0. The predicted octanol–water partition coefficient (Wildman–Crippen LogP) is 4.93. The summed E-state index contributed by atoms with van der Waals surface area (Å²) in [5.74, 6) is 0.580. The van der Waals surface area contributed by atoms with Gasteiger partial charge in [-0.3, -0.25) is 0 Å². The Kier molecular flexibility index (Phi) is 3.73. The Morgan fingerprint density at radius 3 is 2.48 bits per heavy atom. The van der Waals surface area contributed by atoms with Gasteiger partial charge in [-0.05, 0) is 36.8 Å². The smallest absolute Gasteiger partial charge is 0.130 e. The predicted molar refractivity (Wildman–Crippen MR) is 81.8 cm³/mol. The third-order valence-corrected chi connectivity index (χ3v) is 3.53. The molecule has 106 valence electrons. The van der Waals surface area contributed by atoms with Crippen LogP contribution in [-0.2, 0) is 0 Å². The highest BCUT2D eigenvalue weighted by atomic mass is 19.1. The Morgan fingerprint density at radius 1 is 0.952 bits per heavy atom. The van der Waals surface area contributed by atoms with Gasteiger partial charge in [0.2, 0.25) is 0 Å². The molecule has 0 saturated heterocycles. The maximum absolute atomic E-state index is 13.7. The fraction of sp³-hybridized carbons (Fsp3) is 0.111. The summed E-state index contributed by atoms with van der Waals surface area (Å²) in [5.41, 5.74) is 2.43. The van der Waals surface area contributed by atoms with Crippen molar-refractivity contribution in [2.75, 3.05) is 5.32 Å².